The van der Waals surface area contributed by atoms with Crippen LogP contribution in [0.5, 0.6) is 0 Å². The Morgan fingerprint density at radius 2 is 2.07 bits per heavy atom. The van der Waals surface area contributed by atoms with Crippen LogP contribution in [0, 0.1) is 0 Å². The molecule has 88 valence electrons. The molecule has 0 aromatic heterocycles. The molecule has 1 saturated heterocycles. The maximum Gasteiger partial charge on any atom is 0.515 e. The Balaban J connectivity index is 2.20. The molecule has 0 saturated carbocycles. The third kappa shape index (κ3) is 5.21. The Kier molecular flexibility index (Phi) is 7.03. The van der Waals surface area contributed by atoms with E-state index in [-0.39, 0.29) is 4.32 Å². The highest BCUT2D eigenvalue weighted by Crippen LogP contribution is 2.96. The summed E-state index contributed by atoms with van der Waals surface area (Å²) in [7, 11) is 0. The van der Waals surface area contributed by atoms with Crippen molar-refractivity contribution in [2.45, 2.75) is 18.2 Å². The van der Waals surface area contributed by atoms with Crippen LogP contribution in [0.3, 0.4) is 0 Å². The normalized spacial score (nSPS) is 30.3. The zero-order valence-electron chi connectivity index (χ0n) is 8.15. The van der Waals surface area contributed by atoms with Gasteiger partial charge in [0.2, 0.25) is 5.55 Å². The minimum Gasteiger partial charge on any atom is -0.308 e. The molecule has 1 fully saturated rings. The molecule has 0 radical (unpaired) electrons. The van der Waals surface area contributed by atoms with E-state index in [9.17, 15) is 9.13 Å². The van der Waals surface area contributed by atoms with E-state index in [1.165, 1.54) is 22.8 Å². The highest BCUT2D eigenvalue weighted by Gasteiger charge is 2.59. The quantitative estimate of drug-likeness (QED) is 0.352. The van der Waals surface area contributed by atoms with Gasteiger partial charge in [-0.25, -0.2) is 0 Å². The van der Waals surface area contributed by atoms with E-state index in [0.29, 0.717) is 13.2 Å². The van der Waals surface area contributed by atoms with Crippen LogP contribution in [0.25, 0.3) is 0 Å². The van der Waals surface area contributed by atoms with Crippen LogP contribution in [-0.2, 0) is 17.5 Å². The van der Waals surface area contributed by atoms with Gasteiger partial charge in [0.25, 0.3) is 0 Å². The van der Waals surface area contributed by atoms with Crippen LogP contribution in [0.15, 0.2) is 0 Å². The highest BCUT2D eigenvalue weighted by atomic mass is 33.1. The largest absolute Gasteiger partial charge is 0.515 e. The zero-order valence-corrected chi connectivity index (χ0v) is 13.2. The lowest BCUT2D eigenvalue weighted by atomic mass is 10.9. The second-order valence-electron chi connectivity index (χ2n) is 2.24. The summed E-state index contributed by atoms with van der Waals surface area (Å²) in [6.07, 6.45) is -1.54. The first-order valence-corrected chi connectivity index (χ1v) is 12.8. The fourth-order valence-electron chi connectivity index (χ4n) is 0.541. The molecule has 0 bridgehead atoms. The summed E-state index contributed by atoms with van der Waals surface area (Å²) in [5.41, 5.74) is -2.31. The van der Waals surface area contributed by atoms with Gasteiger partial charge in [-0.05, 0) is 18.4 Å². The molecule has 0 N–H and O–H groups in total. The van der Waals surface area contributed by atoms with Crippen molar-refractivity contribution in [3.63, 3.8) is 0 Å². The molecule has 0 aliphatic carbocycles. The van der Waals surface area contributed by atoms with Crippen LogP contribution in [0.2, 0.25) is 0 Å². The zero-order chi connectivity index (χ0) is 11.3. The minimum absolute atomic E-state index is 0.0920. The predicted molar refractivity (Wildman–Crippen MR) is 72.6 cm³/mol. The smallest absolute Gasteiger partial charge is 0.308 e. The molecule has 1 aliphatic heterocycles. The lowest BCUT2D eigenvalue weighted by Crippen LogP contribution is -1.74. The lowest BCUT2D eigenvalue weighted by molar-refractivity contribution is 0.407. The molecular weight excluding hydrogens is 314 g/mol. The molecule has 10 heteroatoms. The van der Waals surface area contributed by atoms with Gasteiger partial charge >= 0.3 is 17.9 Å². The molecule has 15 heavy (non-hydrogen) atoms. The Morgan fingerprint density at radius 1 is 1.40 bits per heavy atom. The molecule has 4 nitrogen and oxygen atoms in total. The van der Waals surface area contributed by atoms with Gasteiger partial charge in [-0.15, -0.1) is 0 Å². The molecule has 1 aliphatic rings. The minimum atomic E-state index is -2.31. The van der Waals surface area contributed by atoms with Crippen molar-refractivity contribution in [1.82, 2.24) is 0 Å². The maximum atomic E-state index is 11.8. The second kappa shape index (κ2) is 7.17. The lowest BCUT2D eigenvalue weighted by Gasteiger charge is -1.93. The molecule has 0 aromatic carbocycles. The van der Waals surface area contributed by atoms with Gasteiger partial charge in [0, 0.05) is 0 Å². The first-order valence-electron chi connectivity index (χ1n) is 4.15. The van der Waals surface area contributed by atoms with E-state index < -0.39 is 11.8 Å². The van der Waals surface area contributed by atoms with Crippen molar-refractivity contribution < 1.29 is 17.5 Å². The van der Waals surface area contributed by atoms with E-state index in [4.69, 9.17) is 8.37 Å². The van der Waals surface area contributed by atoms with Crippen molar-refractivity contribution in [2.24, 2.45) is 0 Å². The van der Waals surface area contributed by atoms with Crippen LogP contribution in [-0.4, -0.2) is 17.5 Å². The third-order valence-corrected chi connectivity index (χ3v) is 16.1. The molecule has 0 aromatic rings. The molecule has 3 unspecified atom stereocenters. The van der Waals surface area contributed by atoms with Crippen molar-refractivity contribution in [3.05, 3.63) is 0 Å². The third-order valence-electron chi connectivity index (χ3n) is 1.13. The molecular formula is C5H11O4P2S4+. The number of hydrogen-bond donors (Lipinski definition) is 0. The first-order chi connectivity index (χ1) is 7.12. The van der Waals surface area contributed by atoms with Crippen molar-refractivity contribution >= 4 is 57.8 Å². The molecule has 0 amide bonds. The molecule has 1 rings (SSSR count). The monoisotopic (exact) mass is 325 g/mol. The van der Waals surface area contributed by atoms with E-state index in [0.717, 1.165) is 23.3 Å². The SMILES string of the molecule is CCOS[P+](=O)SC1SP1(=O)SOCC. The van der Waals surface area contributed by atoms with Gasteiger partial charge in [0.05, 0.1) is 24.9 Å². The fourth-order valence-corrected chi connectivity index (χ4v) is 18.5. The Bertz CT molecular complexity index is 276. The summed E-state index contributed by atoms with van der Waals surface area (Å²) >= 11 is 4.55. The topological polar surface area (TPSA) is 52.6 Å². The van der Waals surface area contributed by atoms with Crippen LogP contribution < -0.4 is 0 Å². The summed E-state index contributed by atoms with van der Waals surface area (Å²) in [6, 6.07) is 0. The van der Waals surface area contributed by atoms with Crippen LogP contribution in [0.4, 0.5) is 0 Å². The summed E-state index contributed by atoms with van der Waals surface area (Å²) in [4.78, 5) is 0. The fraction of sp³-hybridized carbons (Fsp3) is 1.00. The molecule has 1 heterocycles. The number of hydrogen-bond acceptors (Lipinski definition) is 8. The van der Waals surface area contributed by atoms with Gasteiger partial charge < -0.3 is 4.18 Å². The summed E-state index contributed by atoms with van der Waals surface area (Å²) in [6.45, 7) is 4.74. The average molecular weight is 325 g/mol. The average Bonchev–Trinajstić information content (AvgIpc) is 2.84. The van der Waals surface area contributed by atoms with E-state index in [1.807, 2.05) is 13.8 Å². The second-order valence-corrected chi connectivity index (χ2v) is 16.2. The maximum absolute atomic E-state index is 11.8. The summed E-state index contributed by atoms with van der Waals surface area (Å²) in [5.74, 6) is 0. The number of rotatable bonds is 8. The van der Waals surface area contributed by atoms with Gasteiger partial charge in [-0.1, -0.05) is 11.4 Å². The van der Waals surface area contributed by atoms with Gasteiger partial charge in [0.1, 0.15) is 0 Å². The van der Waals surface area contributed by atoms with Crippen molar-refractivity contribution in [2.75, 3.05) is 13.2 Å². The predicted octanol–water partition coefficient (Wildman–Crippen LogP) is 4.97. The molecule has 3 atom stereocenters. The van der Waals surface area contributed by atoms with Crippen molar-refractivity contribution in [3.8, 4) is 0 Å². The first kappa shape index (κ1) is 14.7. The summed E-state index contributed by atoms with van der Waals surface area (Å²) < 4.78 is 33.1. The standard InChI is InChI=1S/C5H11O4P2S4/c1-3-8-14-10(6)12-5-11(7,13-5)15-9-4-2/h5H,3-4H2,1-2H3/q+1. The Labute approximate surface area is 106 Å². The Hall–Kier alpha value is 1.65. The van der Waals surface area contributed by atoms with Gasteiger partial charge in [0.15, 0.2) is 15.7 Å². The molecule has 0 spiro atoms. The Morgan fingerprint density at radius 3 is 2.67 bits per heavy atom. The van der Waals surface area contributed by atoms with E-state index in [1.54, 1.807) is 0 Å². The van der Waals surface area contributed by atoms with Gasteiger partial charge in [-0.2, -0.15) is 0 Å². The highest BCUT2D eigenvalue weighted by molar-refractivity contribution is 9.07. The summed E-state index contributed by atoms with van der Waals surface area (Å²) in [5, 5.41) is 0. The van der Waals surface area contributed by atoms with Crippen molar-refractivity contribution in [1.29, 1.82) is 0 Å². The van der Waals surface area contributed by atoms with E-state index >= 15 is 0 Å². The van der Waals surface area contributed by atoms with E-state index in [2.05, 4.69) is 0 Å². The van der Waals surface area contributed by atoms with Gasteiger partial charge in [-0.3, -0.25) is 8.75 Å². The van der Waals surface area contributed by atoms with Crippen LogP contribution >= 0.6 is 57.8 Å². The van der Waals surface area contributed by atoms with Crippen LogP contribution in [0.1, 0.15) is 13.8 Å².